The minimum Gasteiger partial charge on any atom is -0.376 e. The van der Waals surface area contributed by atoms with Gasteiger partial charge in [0.1, 0.15) is 0 Å². The third-order valence-corrected chi connectivity index (χ3v) is 3.87. The molecule has 0 fully saturated rings. The van der Waals surface area contributed by atoms with E-state index in [1.165, 1.54) is 0 Å². The van der Waals surface area contributed by atoms with Gasteiger partial charge in [0.15, 0.2) is 0 Å². The molecule has 2 aromatic carbocycles. The van der Waals surface area contributed by atoms with Crippen LogP contribution in [-0.4, -0.2) is 12.5 Å². The number of carbonyl (C=O) groups excluding carboxylic acids is 1. The van der Waals surface area contributed by atoms with Crippen molar-refractivity contribution < 1.29 is 4.79 Å². The Morgan fingerprint density at radius 3 is 2.41 bits per heavy atom. The maximum absolute atomic E-state index is 12.1. The molecule has 0 aliphatic carbocycles. The molecule has 0 aliphatic heterocycles. The number of rotatable bonds is 5. The van der Waals surface area contributed by atoms with Gasteiger partial charge in [-0.15, -0.1) is 0 Å². The quantitative estimate of drug-likeness (QED) is 0.866. The summed E-state index contributed by atoms with van der Waals surface area (Å²) >= 11 is 5.98. The van der Waals surface area contributed by atoms with Crippen LogP contribution in [0.5, 0.6) is 0 Å². The number of anilines is 1. The molecular formula is C18H21ClN2O. The minimum atomic E-state index is -0.0778. The number of hydrogen-bond donors (Lipinski definition) is 2. The minimum absolute atomic E-state index is 0.0462. The Hall–Kier alpha value is -2.00. The highest BCUT2D eigenvalue weighted by atomic mass is 35.5. The molecule has 0 aliphatic rings. The molecule has 2 N–H and O–H groups in total. The number of nitrogens with one attached hydrogen (secondary N) is 2. The molecule has 4 heteroatoms. The maximum atomic E-state index is 12.1. The SMILES string of the molecule is Cc1cccc(C)c1NCC(=O)NC(C)c1cccc(Cl)c1. The fourth-order valence-corrected chi connectivity index (χ4v) is 2.61. The van der Waals surface area contributed by atoms with Gasteiger partial charge in [0.25, 0.3) is 0 Å². The smallest absolute Gasteiger partial charge is 0.239 e. The predicted octanol–water partition coefficient (Wildman–Crippen LogP) is 4.25. The van der Waals surface area contributed by atoms with E-state index in [9.17, 15) is 4.79 Å². The first-order valence-corrected chi connectivity index (χ1v) is 7.70. The van der Waals surface area contributed by atoms with Crippen LogP contribution in [0.1, 0.15) is 29.7 Å². The molecular weight excluding hydrogens is 296 g/mol. The first-order valence-electron chi connectivity index (χ1n) is 7.32. The van der Waals surface area contributed by atoms with Crippen LogP contribution in [0.2, 0.25) is 5.02 Å². The zero-order valence-corrected chi connectivity index (χ0v) is 13.9. The van der Waals surface area contributed by atoms with Crippen molar-refractivity contribution in [1.29, 1.82) is 0 Å². The largest absolute Gasteiger partial charge is 0.376 e. The molecule has 0 aromatic heterocycles. The van der Waals surface area contributed by atoms with Crippen molar-refractivity contribution in [3.8, 4) is 0 Å². The average Bonchev–Trinajstić information content (AvgIpc) is 2.46. The highest BCUT2D eigenvalue weighted by molar-refractivity contribution is 6.30. The number of aryl methyl sites for hydroxylation is 2. The molecule has 22 heavy (non-hydrogen) atoms. The molecule has 0 spiro atoms. The summed E-state index contributed by atoms with van der Waals surface area (Å²) in [6.45, 7) is 6.25. The Balaban J connectivity index is 1.93. The van der Waals surface area contributed by atoms with Crippen molar-refractivity contribution in [2.24, 2.45) is 0 Å². The van der Waals surface area contributed by atoms with Crippen molar-refractivity contribution in [3.05, 3.63) is 64.2 Å². The van der Waals surface area contributed by atoms with E-state index in [0.717, 1.165) is 22.4 Å². The Bertz CT molecular complexity index is 650. The summed E-state index contributed by atoms with van der Waals surface area (Å²) < 4.78 is 0. The van der Waals surface area contributed by atoms with E-state index in [4.69, 9.17) is 11.6 Å². The van der Waals surface area contributed by atoms with Crippen molar-refractivity contribution in [3.63, 3.8) is 0 Å². The zero-order chi connectivity index (χ0) is 16.1. The van der Waals surface area contributed by atoms with Crippen LogP contribution in [0.3, 0.4) is 0 Å². The molecule has 2 rings (SSSR count). The molecule has 1 amide bonds. The molecule has 0 saturated carbocycles. The molecule has 0 heterocycles. The van der Waals surface area contributed by atoms with Gasteiger partial charge in [0.2, 0.25) is 5.91 Å². The summed E-state index contributed by atoms with van der Waals surface area (Å²) in [4.78, 5) is 12.1. The van der Waals surface area contributed by atoms with Crippen LogP contribution < -0.4 is 10.6 Å². The van der Waals surface area contributed by atoms with Crippen molar-refractivity contribution in [2.45, 2.75) is 26.8 Å². The Labute approximate surface area is 136 Å². The summed E-state index contributed by atoms with van der Waals surface area (Å²) in [6.07, 6.45) is 0. The van der Waals surface area contributed by atoms with Gasteiger partial charge < -0.3 is 10.6 Å². The van der Waals surface area contributed by atoms with Gasteiger partial charge in [0.05, 0.1) is 12.6 Å². The molecule has 2 aromatic rings. The van der Waals surface area contributed by atoms with Gasteiger partial charge in [-0.25, -0.2) is 0 Å². The summed E-state index contributed by atoms with van der Waals surface area (Å²) in [7, 11) is 0. The summed E-state index contributed by atoms with van der Waals surface area (Å²) in [5.74, 6) is -0.0462. The van der Waals surface area contributed by atoms with Crippen LogP contribution in [0.4, 0.5) is 5.69 Å². The zero-order valence-electron chi connectivity index (χ0n) is 13.1. The van der Waals surface area contributed by atoms with E-state index >= 15 is 0 Å². The van der Waals surface area contributed by atoms with E-state index in [1.807, 2.05) is 63.2 Å². The highest BCUT2D eigenvalue weighted by Gasteiger charge is 2.10. The normalized spacial score (nSPS) is 11.8. The number of para-hydroxylation sites is 1. The molecule has 0 saturated heterocycles. The van der Waals surface area contributed by atoms with Crippen LogP contribution in [0.25, 0.3) is 0 Å². The monoisotopic (exact) mass is 316 g/mol. The van der Waals surface area contributed by atoms with Crippen LogP contribution in [-0.2, 0) is 4.79 Å². The maximum Gasteiger partial charge on any atom is 0.239 e. The number of halogens is 1. The fraction of sp³-hybridized carbons (Fsp3) is 0.278. The van der Waals surface area contributed by atoms with Gasteiger partial charge in [-0.2, -0.15) is 0 Å². The first kappa shape index (κ1) is 16.4. The molecule has 1 unspecified atom stereocenters. The van der Waals surface area contributed by atoms with Crippen LogP contribution in [0, 0.1) is 13.8 Å². The summed E-state index contributed by atoms with van der Waals surface area (Å²) in [6, 6.07) is 13.5. The third-order valence-electron chi connectivity index (χ3n) is 3.63. The molecule has 0 bridgehead atoms. The lowest BCUT2D eigenvalue weighted by Crippen LogP contribution is -2.32. The van der Waals surface area contributed by atoms with E-state index in [-0.39, 0.29) is 18.5 Å². The standard InChI is InChI=1S/C18H21ClN2O/c1-12-6-4-7-13(2)18(12)20-11-17(22)21-14(3)15-8-5-9-16(19)10-15/h4-10,14,20H,11H2,1-3H3,(H,21,22). The third kappa shape index (κ3) is 4.25. The topological polar surface area (TPSA) is 41.1 Å². The van der Waals surface area contributed by atoms with Gasteiger partial charge in [0, 0.05) is 10.7 Å². The highest BCUT2D eigenvalue weighted by Crippen LogP contribution is 2.19. The van der Waals surface area contributed by atoms with E-state index in [1.54, 1.807) is 0 Å². The van der Waals surface area contributed by atoms with Gasteiger partial charge in [-0.05, 0) is 49.6 Å². The molecule has 116 valence electrons. The van der Waals surface area contributed by atoms with Crippen LogP contribution in [0.15, 0.2) is 42.5 Å². The lowest BCUT2D eigenvalue weighted by molar-refractivity contribution is -0.120. The van der Waals surface area contributed by atoms with Crippen molar-refractivity contribution in [2.75, 3.05) is 11.9 Å². The second-order valence-electron chi connectivity index (χ2n) is 5.46. The van der Waals surface area contributed by atoms with Gasteiger partial charge in [-0.1, -0.05) is 41.9 Å². The second-order valence-corrected chi connectivity index (χ2v) is 5.90. The number of hydrogen-bond acceptors (Lipinski definition) is 2. The lowest BCUT2D eigenvalue weighted by atomic mass is 10.1. The molecule has 1 atom stereocenters. The molecule has 0 radical (unpaired) electrons. The number of amides is 1. The number of benzene rings is 2. The molecule has 3 nitrogen and oxygen atoms in total. The fourth-order valence-electron chi connectivity index (χ4n) is 2.41. The van der Waals surface area contributed by atoms with Crippen molar-refractivity contribution >= 4 is 23.2 Å². The van der Waals surface area contributed by atoms with Gasteiger partial charge in [-0.3, -0.25) is 4.79 Å². The van der Waals surface area contributed by atoms with E-state index < -0.39 is 0 Å². The van der Waals surface area contributed by atoms with E-state index in [2.05, 4.69) is 10.6 Å². The van der Waals surface area contributed by atoms with E-state index in [0.29, 0.717) is 5.02 Å². The lowest BCUT2D eigenvalue weighted by Gasteiger charge is -2.16. The summed E-state index contributed by atoms with van der Waals surface area (Å²) in [5.41, 5.74) is 4.28. The van der Waals surface area contributed by atoms with Gasteiger partial charge >= 0.3 is 0 Å². The second kappa shape index (κ2) is 7.32. The number of carbonyl (C=O) groups is 1. The van der Waals surface area contributed by atoms with Crippen molar-refractivity contribution in [1.82, 2.24) is 5.32 Å². The summed E-state index contributed by atoms with van der Waals surface area (Å²) in [5, 5.41) is 6.86. The first-order chi connectivity index (χ1) is 10.5. The van der Waals surface area contributed by atoms with Crippen LogP contribution >= 0.6 is 11.6 Å². The Morgan fingerprint density at radius 2 is 1.77 bits per heavy atom. The Morgan fingerprint density at radius 1 is 1.14 bits per heavy atom. The Kier molecular flexibility index (Phi) is 5.45. The average molecular weight is 317 g/mol. The predicted molar refractivity (Wildman–Crippen MR) is 92.4 cm³/mol.